The van der Waals surface area contributed by atoms with Crippen LogP contribution in [0.2, 0.25) is 0 Å². The van der Waals surface area contributed by atoms with Crippen molar-refractivity contribution in [3.63, 3.8) is 0 Å². The van der Waals surface area contributed by atoms with Gasteiger partial charge in [0.2, 0.25) is 5.91 Å². The van der Waals surface area contributed by atoms with E-state index in [9.17, 15) is 4.79 Å². The lowest BCUT2D eigenvalue weighted by molar-refractivity contribution is -0.116. The summed E-state index contributed by atoms with van der Waals surface area (Å²) in [7, 11) is 0. The van der Waals surface area contributed by atoms with Gasteiger partial charge in [-0.2, -0.15) is 5.26 Å². The normalized spacial score (nSPS) is 9.72. The quantitative estimate of drug-likeness (QED) is 0.890. The Kier molecular flexibility index (Phi) is 3.77. The largest absolute Gasteiger partial charge is 0.354 e. The first-order valence-electron chi connectivity index (χ1n) is 5.69. The molecule has 0 saturated carbocycles. The van der Waals surface area contributed by atoms with Crippen LogP contribution >= 0.6 is 0 Å². The molecule has 1 N–H and O–H groups in total. The van der Waals surface area contributed by atoms with Crippen LogP contribution in [0.25, 0.3) is 0 Å². The summed E-state index contributed by atoms with van der Waals surface area (Å²) in [6.45, 7) is 0.662. The lowest BCUT2D eigenvalue weighted by Gasteiger charge is -2.05. The summed E-state index contributed by atoms with van der Waals surface area (Å²) in [5.41, 5.74) is 1.30. The third-order valence-electron chi connectivity index (χ3n) is 2.56. The summed E-state index contributed by atoms with van der Waals surface area (Å²) in [6, 6.07) is 12.7. The van der Waals surface area contributed by atoms with Crippen molar-refractivity contribution in [1.29, 1.82) is 5.26 Å². The van der Waals surface area contributed by atoms with Crippen LogP contribution in [0, 0.1) is 11.3 Å². The van der Waals surface area contributed by atoms with E-state index in [0.29, 0.717) is 24.2 Å². The summed E-state index contributed by atoms with van der Waals surface area (Å²) in [5, 5.41) is 11.5. The van der Waals surface area contributed by atoms with E-state index in [1.54, 1.807) is 24.3 Å². The van der Waals surface area contributed by atoms with Gasteiger partial charge in [-0.25, -0.2) is 0 Å². The lowest BCUT2D eigenvalue weighted by atomic mass is 10.2. The number of nitrogens with zero attached hydrogens (tertiary/aromatic N) is 2. The summed E-state index contributed by atoms with van der Waals surface area (Å²) in [4.78, 5) is 11.7. The van der Waals surface area contributed by atoms with Crippen molar-refractivity contribution in [3.05, 3.63) is 54.4 Å². The molecule has 4 heteroatoms. The van der Waals surface area contributed by atoms with Crippen LogP contribution in [0.4, 0.5) is 5.69 Å². The van der Waals surface area contributed by atoms with Crippen molar-refractivity contribution in [2.75, 3.05) is 5.32 Å². The molecule has 0 unspecified atom stereocenters. The highest BCUT2D eigenvalue weighted by atomic mass is 16.1. The van der Waals surface area contributed by atoms with Crippen molar-refractivity contribution in [1.82, 2.24) is 4.57 Å². The van der Waals surface area contributed by atoms with Gasteiger partial charge in [0.15, 0.2) is 0 Å². The Bertz CT molecular complexity index is 550. The van der Waals surface area contributed by atoms with E-state index in [4.69, 9.17) is 5.26 Å². The minimum Gasteiger partial charge on any atom is -0.354 e. The van der Waals surface area contributed by atoms with Gasteiger partial charge in [0.05, 0.1) is 11.6 Å². The Morgan fingerprint density at radius 1 is 1.22 bits per heavy atom. The monoisotopic (exact) mass is 239 g/mol. The van der Waals surface area contributed by atoms with Gasteiger partial charge < -0.3 is 9.88 Å². The molecule has 2 aromatic rings. The number of rotatable bonds is 4. The number of carbonyl (C=O) groups excluding carboxylic acids is 1. The van der Waals surface area contributed by atoms with Gasteiger partial charge in [0, 0.05) is 31.0 Å². The molecule has 0 atom stereocenters. The molecule has 1 heterocycles. The number of benzene rings is 1. The summed E-state index contributed by atoms with van der Waals surface area (Å²) < 4.78 is 1.96. The van der Waals surface area contributed by atoms with Gasteiger partial charge in [-0.3, -0.25) is 4.79 Å². The maximum atomic E-state index is 11.7. The number of carbonyl (C=O) groups is 1. The van der Waals surface area contributed by atoms with Crippen LogP contribution in [-0.4, -0.2) is 10.5 Å². The Hall–Kier alpha value is -2.54. The molecule has 90 valence electrons. The number of anilines is 1. The fourth-order valence-electron chi connectivity index (χ4n) is 1.60. The van der Waals surface area contributed by atoms with Crippen LogP contribution < -0.4 is 5.32 Å². The molecule has 1 aromatic heterocycles. The number of hydrogen-bond donors (Lipinski definition) is 1. The molecule has 1 aromatic carbocycles. The predicted molar refractivity (Wildman–Crippen MR) is 68.8 cm³/mol. The molecule has 0 bridgehead atoms. The molecule has 0 spiro atoms. The van der Waals surface area contributed by atoms with Crippen molar-refractivity contribution in [2.45, 2.75) is 13.0 Å². The Labute approximate surface area is 105 Å². The second-order valence-corrected chi connectivity index (χ2v) is 3.91. The second kappa shape index (κ2) is 5.69. The summed E-state index contributed by atoms with van der Waals surface area (Å²) in [6.07, 6.45) is 4.28. The number of amides is 1. The van der Waals surface area contributed by atoms with E-state index in [1.807, 2.05) is 35.2 Å². The molecule has 0 radical (unpaired) electrons. The van der Waals surface area contributed by atoms with Gasteiger partial charge in [0.25, 0.3) is 0 Å². The first-order valence-corrected chi connectivity index (χ1v) is 5.69. The zero-order valence-corrected chi connectivity index (χ0v) is 9.84. The van der Waals surface area contributed by atoms with E-state index in [1.165, 1.54) is 0 Å². The molecular weight excluding hydrogens is 226 g/mol. The zero-order valence-electron chi connectivity index (χ0n) is 9.84. The number of aryl methyl sites for hydroxylation is 1. The first-order chi connectivity index (χ1) is 8.78. The fourth-order valence-corrected chi connectivity index (χ4v) is 1.60. The third kappa shape index (κ3) is 3.22. The van der Waals surface area contributed by atoms with Crippen molar-refractivity contribution in [3.8, 4) is 6.07 Å². The molecule has 0 aliphatic rings. The van der Waals surface area contributed by atoms with E-state index < -0.39 is 0 Å². The van der Waals surface area contributed by atoms with Crippen LogP contribution in [0.3, 0.4) is 0 Å². The first kappa shape index (κ1) is 11.9. The molecule has 4 nitrogen and oxygen atoms in total. The average Bonchev–Trinajstić information content (AvgIpc) is 2.90. The van der Waals surface area contributed by atoms with Gasteiger partial charge in [0.1, 0.15) is 0 Å². The molecule has 18 heavy (non-hydrogen) atoms. The van der Waals surface area contributed by atoms with E-state index >= 15 is 0 Å². The van der Waals surface area contributed by atoms with Gasteiger partial charge in [-0.1, -0.05) is 0 Å². The fraction of sp³-hybridized carbons (Fsp3) is 0.143. The molecule has 0 aliphatic heterocycles. The molecular formula is C14H13N3O. The molecule has 0 aliphatic carbocycles. The molecule has 0 saturated heterocycles. The summed E-state index contributed by atoms with van der Waals surface area (Å²) in [5.74, 6) is -0.0339. The minimum atomic E-state index is -0.0339. The minimum absolute atomic E-state index is 0.0339. The Morgan fingerprint density at radius 2 is 1.89 bits per heavy atom. The van der Waals surface area contributed by atoms with Gasteiger partial charge in [-0.15, -0.1) is 0 Å². The highest BCUT2D eigenvalue weighted by molar-refractivity contribution is 5.90. The van der Waals surface area contributed by atoms with Crippen LogP contribution in [0.15, 0.2) is 48.8 Å². The predicted octanol–water partition coefficient (Wildman–Crippen LogP) is 2.39. The third-order valence-corrected chi connectivity index (χ3v) is 2.56. The molecule has 0 fully saturated rings. The second-order valence-electron chi connectivity index (χ2n) is 3.91. The van der Waals surface area contributed by atoms with E-state index in [-0.39, 0.29) is 5.91 Å². The number of nitriles is 1. The van der Waals surface area contributed by atoms with Crippen molar-refractivity contribution >= 4 is 11.6 Å². The maximum Gasteiger partial charge on any atom is 0.226 e. The van der Waals surface area contributed by atoms with E-state index in [2.05, 4.69) is 5.32 Å². The standard InChI is InChI=1S/C14H13N3O/c15-11-12-3-5-13(6-4-12)16-14(18)7-10-17-8-1-2-9-17/h1-6,8-9H,7,10H2,(H,16,18). The zero-order chi connectivity index (χ0) is 12.8. The maximum absolute atomic E-state index is 11.7. The number of aromatic nitrogens is 1. The van der Waals surface area contributed by atoms with E-state index in [0.717, 1.165) is 0 Å². The van der Waals surface area contributed by atoms with Crippen LogP contribution in [-0.2, 0) is 11.3 Å². The van der Waals surface area contributed by atoms with Gasteiger partial charge >= 0.3 is 0 Å². The van der Waals surface area contributed by atoms with Gasteiger partial charge in [-0.05, 0) is 36.4 Å². The van der Waals surface area contributed by atoms with Crippen molar-refractivity contribution in [2.24, 2.45) is 0 Å². The molecule has 1 amide bonds. The topological polar surface area (TPSA) is 57.8 Å². The highest BCUT2D eigenvalue weighted by Gasteiger charge is 2.02. The Morgan fingerprint density at radius 3 is 2.50 bits per heavy atom. The smallest absolute Gasteiger partial charge is 0.226 e. The number of nitrogens with one attached hydrogen (secondary N) is 1. The number of hydrogen-bond acceptors (Lipinski definition) is 2. The summed E-state index contributed by atoms with van der Waals surface area (Å²) >= 11 is 0. The highest BCUT2D eigenvalue weighted by Crippen LogP contribution is 2.09. The van der Waals surface area contributed by atoms with Crippen molar-refractivity contribution < 1.29 is 4.79 Å². The molecule has 2 rings (SSSR count). The van der Waals surface area contributed by atoms with Crippen LogP contribution in [0.1, 0.15) is 12.0 Å². The lowest BCUT2D eigenvalue weighted by Crippen LogP contribution is -2.13. The SMILES string of the molecule is N#Cc1ccc(NC(=O)CCn2cccc2)cc1. The van der Waals surface area contributed by atoms with Crippen LogP contribution in [0.5, 0.6) is 0 Å². The average molecular weight is 239 g/mol. The Balaban J connectivity index is 1.85.